The molecule has 0 spiro atoms. The number of carbonyl (C=O) groups excluding carboxylic acids is 1. The van der Waals surface area contributed by atoms with E-state index in [0.717, 1.165) is 16.7 Å². The minimum absolute atomic E-state index is 0.122. The van der Waals surface area contributed by atoms with E-state index in [2.05, 4.69) is 11.1 Å². The van der Waals surface area contributed by atoms with E-state index in [9.17, 15) is 10.1 Å². The molecule has 5 nitrogen and oxygen atoms in total. The summed E-state index contributed by atoms with van der Waals surface area (Å²) >= 11 is 1.21. The number of fused-ring (bicyclic) bond motifs is 1. The molecule has 1 aromatic carbocycles. The van der Waals surface area contributed by atoms with Crippen LogP contribution in [-0.4, -0.2) is 29.4 Å². The lowest BCUT2D eigenvalue weighted by Crippen LogP contribution is -2.13. The maximum Gasteiger partial charge on any atom is 0.316 e. The molecule has 6 heteroatoms. The number of esters is 1. The summed E-state index contributed by atoms with van der Waals surface area (Å²) in [6.07, 6.45) is -0.156. The zero-order valence-corrected chi connectivity index (χ0v) is 14.1. The second-order valence-electron chi connectivity index (χ2n) is 5.07. The third-order valence-electron chi connectivity index (χ3n) is 2.88. The molecule has 0 atom stereocenters. The van der Waals surface area contributed by atoms with E-state index in [-0.39, 0.29) is 17.8 Å². The number of carbonyl (C=O) groups is 1. The summed E-state index contributed by atoms with van der Waals surface area (Å²) in [5, 5.41) is 10.7. The van der Waals surface area contributed by atoms with Crippen LogP contribution in [0.25, 0.3) is 10.9 Å². The van der Waals surface area contributed by atoms with Crippen molar-refractivity contribution in [2.75, 3.05) is 12.4 Å². The van der Waals surface area contributed by atoms with Crippen LogP contribution >= 0.6 is 11.8 Å². The molecule has 0 amide bonds. The fourth-order valence-corrected chi connectivity index (χ4v) is 2.75. The maximum absolute atomic E-state index is 11.7. The number of ether oxygens (including phenoxy) is 2. The largest absolute Gasteiger partial charge is 0.494 e. The fourth-order valence-electron chi connectivity index (χ4n) is 2.00. The van der Waals surface area contributed by atoms with Crippen LogP contribution < -0.4 is 4.74 Å². The normalized spacial score (nSPS) is 10.6. The summed E-state index contributed by atoms with van der Waals surface area (Å²) < 4.78 is 10.6. The van der Waals surface area contributed by atoms with Gasteiger partial charge >= 0.3 is 5.97 Å². The maximum atomic E-state index is 11.7. The van der Waals surface area contributed by atoms with Crippen LogP contribution in [0.5, 0.6) is 5.75 Å². The molecule has 0 unspecified atom stereocenters. The van der Waals surface area contributed by atoms with E-state index < -0.39 is 0 Å². The molecule has 0 aliphatic rings. The van der Waals surface area contributed by atoms with Crippen LogP contribution in [0.15, 0.2) is 29.3 Å². The number of hydrogen-bond donors (Lipinski definition) is 0. The molecule has 0 aliphatic heterocycles. The SMILES string of the molecule is CCOc1ccc2cc(C#N)c(SCC(=O)OC(C)C)nc2c1. The number of aromatic nitrogens is 1. The summed E-state index contributed by atoms with van der Waals surface area (Å²) in [5.41, 5.74) is 1.18. The highest BCUT2D eigenvalue weighted by atomic mass is 32.2. The van der Waals surface area contributed by atoms with E-state index in [1.165, 1.54) is 11.8 Å². The molecule has 1 heterocycles. The van der Waals surface area contributed by atoms with Gasteiger partial charge in [-0.25, -0.2) is 4.98 Å². The Hall–Kier alpha value is -2.26. The van der Waals surface area contributed by atoms with Gasteiger partial charge in [0.2, 0.25) is 0 Å². The van der Waals surface area contributed by atoms with Gasteiger partial charge in [0.1, 0.15) is 16.8 Å². The third-order valence-corrected chi connectivity index (χ3v) is 3.84. The van der Waals surface area contributed by atoms with Gasteiger partial charge in [-0.05, 0) is 39.0 Å². The summed E-state index contributed by atoms with van der Waals surface area (Å²) in [6, 6.07) is 9.45. The topological polar surface area (TPSA) is 72.2 Å². The van der Waals surface area contributed by atoms with Gasteiger partial charge in [0.15, 0.2) is 0 Å². The number of rotatable bonds is 6. The van der Waals surface area contributed by atoms with Crippen molar-refractivity contribution in [2.45, 2.75) is 31.9 Å². The Kier molecular flexibility index (Phi) is 5.83. The van der Waals surface area contributed by atoms with Crippen molar-refractivity contribution in [2.24, 2.45) is 0 Å². The first-order valence-electron chi connectivity index (χ1n) is 7.33. The molecule has 23 heavy (non-hydrogen) atoms. The van der Waals surface area contributed by atoms with Crippen molar-refractivity contribution in [1.82, 2.24) is 4.98 Å². The van der Waals surface area contributed by atoms with Gasteiger partial charge in [0.05, 0.1) is 29.5 Å². The standard InChI is InChI=1S/C17H18N2O3S/c1-4-21-14-6-5-12-7-13(9-18)17(19-15(12)8-14)23-10-16(20)22-11(2)3/h5-8,11H,4,10H2,1-3H3. The summed E-state index contributed by atoms with van der Waals surface area (Å²) in [6.45, 7) is 6.09. The van der Waals surface area contributed by atoms with E-state index >= 15 is 0 Å². The average Bonchev–Trinajstić information content (AvgIpc) is 2.51. The Bertz CT molecular complexity index is 753. The Morgan fingerprint density at radius 1 is 1.39 bits per heavy atom. The highest BCUT2D eigenvalue weighted by Crippen LogP contribution is 2.27. The summed E-state index contributed by atoms with van der Waals surface area (Å²) in [7, 11) is 0. The molecule has 0 aliphatic carbocycles. The molecular formula is C17H18N2O3S. The van der Waals surface area contributed by atoms with Crippen molar-refractivity contribution in [3.8, 4) is 11.8 Å². The monoisotopic (exact) mass is 330 g/mol. The second kappa shape index (κ2) is 7.84. The van der Waals surface area contributed by atoms with Crippen LogP contribution in [0.3, 0.4) is 0 Å². The number of benzene rings is 1. The quantitative estimate of drug-likeness (QED) is 0.596. The molecular weight excluding hydrogens is 312 g/mol. The van der Waals surface area contributed by atoms with E-state index in [1.807, 2.05) is 25.1 Å². The van der Waals surface area contributed by atoms with Gasteiger partial charge < -0.3 is 9.47 Å². The van der Waals surface area contributed by atoms with Crippen molar-refractivity contribution in [1.29, 1.82) is 5.26 Å². The van der Waals surface area contributed by atoms with Crippen LogP contribution in [0.4, 0.5) is 0 Å². The Balaban J connectivity index is 2.26. The van der Waals surface area contributed by atoms with E-state index in [0.29, 0.717) is 17.2 Å². The molecule has 2 aromatic rings. The smallest absolute Gasteiger partial charge is 0.316 e. The van der Waals surface area contributed by atoms with Crippen molar-refractivity contribution in [3.63, 3.8) is 0 Å². The lowest BCUT2D eigenvalue weighted by molar-refractivity contribution is -0.144. The molecule has 0 N–H and O–H groups in total. The van der Waals surface area contributed by atoms with Gasteiger partial charge in [-0.15, -0.1) is 0 Å². The highest BCUT2D eigenvalue weighted by molar-refractivity contribution is 7.99. The average molecular weight is 330 g/mol. The Labute approximate surface area is 139 Å². The van der Waals surface area contributed by atoms with Gasteiger partial charge in [0.25, 0.3) is 0 Å². The number of thioether (sulfide) groups is 1. The van der Waals surface area contributed by atoms with Crippen molar-refractivity contribution < 1.29 is 14.3 Å². The van der Waals surface area contributed by atoms with Gasteiger partial charge in [-0.3, -0.25) is 4.79 Å². The lowest BCUT2D eigenvalue weighted by Gasteiger charge is -2.09. The minimum Gasteiger partial charge on any atom is -0.494 e. The molecule has 0 bridgehead atoms. The van der Waals surface area contributed by atoms with Gasteiger partial charge in [0, 0.05) is 11.5 Å². The van der Waals surface area contributed by atoms with E-state index in [1.54, 1.807) is 19.9 Å². The van der Waals surface area contributed by atoms with Crippen molar-refractivity contribution in [3.05, 3.63) is 29.8 Å². The zero-order chi connectivity index (χ0) is 16.8. The van der Waals surface area contributed by atoms with Gasteiger partial charge in [-0.2, -0.15) is 5.26 Å². The van der Waals surface area contributed by atoms with Crippen LogP contribution in [-0.2, 0) is 9.53 Å². The third kappa shape index (κ3) is 4.60. The minimum atomic E-state index is -0.321. The fraction of sp³-hybridized carbons (Fsp3) is 0.353. The molecule has 2 rings (SSSR count). The van der Waals surface area contributed by atoms with Crippen LogP contribution in [0.1, 0.15) is 26.3 Å². The number of hydrogen-bond acceptors (Lipinski definition) is 6. The van der Waals surface area contributed by atoms with Crippen LogP contribution in [0, 0.1) is 11.3 Å². The summed E-state index contributed by atoms with van der Waals surface area (Å²) in [4.78, 5) is 16.1. The number of nitriles is 1. The van der Waals surface area contributed by atoms with Crippen molar-refractivity contribution >= 4 is 28.6 Å². The first kappa shape index (κ1) is 17.1. The second-order valence-corrected chi connectivity index (χ2v) is 6.03. The van der Waals surface area contributed by atoms with Crippen LogP contribution in [0.2, 0.25) is 0 Å². The predicted octanol–water partition coefficient (Wildman–Crippen LogP) is 3.55. The number of pyridine rings is 1. The molecule has 120 valence electrons. The van der Waals surface area contributed by atoms with Gasteiger partial charge in [-0.1, -0.05) is 11.8 Å². The molecule has 1 aromatic heterocycles. The number of nitrogens with zero attached hydrogens (tertiary/aromatic N) is 2. The molecule has 0 fully saturated rings. The Morgan fingerprint density at radius 2 is 2.17 bits per heavy atom. The first-order valence-corrected chi connectivity index (χ1v) is 8.32. The lowest BCUT2D eigenvalue weighted by atomic mass is 10.1. The molecule has 0 saturated heterocycles. The summed E-state index contributed by atoms with van der Waals surface area (Å²) in [5.74, 6) is 0.530. The first-order chi connectivity index (χ1) is 11.0. The zero-order valence-electron chi connectivity index (χ0n) is 13.3. The Morgan fingerprint density at radius 3 is 2.83 bits per heavy atom. The molecule has 0 radical (unpaired) electrons. The molecule has 0 saturated carbocycles. The predicted molar refractivity (Wildman–Crippen MR) is 89.6 cm³/mol. The highest BCUT2D eigenvalue weighted by Gasteiger charge is 2.12. The van der Waals surface area contributed by atoms with E-state index in [4.69, 9.17) is 9.47 Å².